The average Bonchev–Trinajstić information content (AvgIpc) is 2.76. The lowest BCUT2D eigenvalue weighted by atomic mass is 9.91. The molecule has 8 heteroatoms. The lowest BCUT2D eigenvalue weighted by Crippen LogP contribution is -2.51. The number of nitrogens with one attached hydrogen (secondary N) is 1. The van der Waals surface area contributed by atoms with E-state index in [1.165, 1.54) is 6.92 Å². The zero-order chi connectivity index (χ0) is 17.4. The molecule has 1 fully saturated rings. The highest BCUT2D eigenvalue weighted by Gasteiger charge is 2.32. The van der Waals surface area contributed by atoms with Gasteiger partial charge >= 0.3 is 0 Å². The van der Waals surface area contributed by atoms with Gasteiger partial charge in [0.15, 0.2) is 5.76 Å². The molecule has 0 saturated carbocycles. The number of carbonyl (C=O) groups is 1. The molecule has 7 nitrogen and oxygen atoms in total. The predicted octanol–water partition coefficient (Wildman–Crippen LogP) is 1.46. The fourth-order valence-electron chi connectivity index (χ4n) is 3.32. The molecule has 1 saturated heterocycles. The number of nitrogens with zero attached hydrogens (tertiary/aromatic N) is 2. The summed E-state index contributed by atoms with van der Waals surface area (Å²) in [6.07, 6.45) is 1.09. The van der Waals surface area contributed by atoms with Gasteiger partial charge in [0.1, 0.15) is 10.6 Å². The van der Waals surface area contributed by atoms with E-state index < -0.39 is 16.1 Å². The molecule has 1 aromatic rings. The van der Waals surface area contributed by atoms with Crippen LogP contribution in [0, 0.1) is 25.7 Å². The highest BCUT2D eigenvalue weighted by molar-refractivity contribution is 7.89. The van der Waals surface area contributed by atoms with E-state index in [2.05, 4.69) is 23.7 Å². The molecule has 0 bridgehead atoms. The highest BCUT2D eigenvalue weighted by atomic mass is 32.2. The van der Waals surface area contributed by atoms with Crippen LogP contribution in [-0.4, -0.2) is 43.5 Å². The number of hydrogen-bond donors (Lipinski definition) is 1. The number of hydrogen-bond acceptors (Lipinski definition) is 5. The zero-order valence-corrected chi connectivity index (χ0v) is 15.1. The molecule has 1 N–H and O–H groups in total. The Morgan fingerprint density at radius 1 is 1.30 bits per heavy atom. The van der Waals surface area contributed by atoms with E-state index in [1.807, 2.05) is 0 Å². The quantitative estimate of drug-likeness (QED) is 0.893. The number of amides is 1. The fraction of sp³-hybridized carbons (Fsp3) is 0.733. The van der Waals surface area contributed by atoms with Gasteiger partial charge in [-0.3, -0.25) is 4.79 Å². The lowest BCUT2D eigenvalue weighted by molar-refractivity contribution is -0.135. The smallest absolute Gasteiger partial charge is 0.246 e. The summed E-state index contributed by atoms with van der Waals surface area (Å²) in [4.78, 5) is 14.3. The Kier molecular flexibility index (Phi) is 5.15. The Hall–Kier alpha value is -1.41. The van der Waals surface area contributed by atoms with Crippen molar-refractivity contribution in [1.82, 2.24) is 14.8 Å². The van der Waals surface area contributed by atoms with Crippen LogP contribution in [0.2, 0.25) is 0 Å². The van der Waals surface area contributed by atoms with Crippen molar-refractivity contribution < 1.29 is 17.7 Å². The van der Waals surface area contributed by atoms with E-state index >= 15 is 0 Å². The van der Waals surface area contributed by atoms with E-state index in [9.17, 15) is 13.2 Å². The zero-order valence-electron chi connectivity index (χ0n) is 14.3. The first-order chi connectivity index (χ1) is 10.6. The maximum Gasteiger partial charge on any atom is 0.246 e. The molecular formula is C15H25N3O4S. The van der Waals surface area contributed by atoms with E-state index in [0.717, 1.165) is 6.42 Å². The number of aromatic nitrogens is 1. The van der Waals surface area contributed by atoms with E-state index in [-0.39, 0.29) is 22.3 Å². The molecule has 0 aromatic carbocycles. The first-order valence-electron chi connectivity index (χ1n) is 7.85. The van der Waals surface area contributed by atoms with Crippen LogP contribution in [0.1, 0.15) is 38.6 Å². The molecule has 23 heavy (non-hydrogen) atoms. The average molecular weight is 343 g/mol. The molecule has 3 atom stereocenters. The molecule has 1 amide bonds. The summed E-state index contributed by atoms with van der Waals surface area (Å²) in [7, 11) is -3.84. The van der Waals surface area contributed by atoms with Crippen molar-refractivity contribution in [2.75, 3.05) is 13.1 Å². The monoisotopic (exact) mass is 343 g/mol. The summed E-state index contributed by atoms with van der Waals surface area (Å²) in [6, 6.07) is -0.828. The second-order valence-electron chi connectivity index (χ2n) is 6.69. The first kappa shape index (κ1) is 17.9. The van der Waals surface area contributed by atoms with Gasteiger partial charge in [0.05, 0.1) is 6.04 Å². The summed E-state index contributed by atoms with van der Waals surface area (Å²) in [5.74, 6) is 0.872. The summed E-state index contributed by atoms with van der Waals surface area (Å²) < 4.78 is 32.3. The molecule has 0 spiro atoms. The van der Waals surface area contributed by atoms with Crippen molar-refractivity contribution in [3.63, 3.8) is 0 Å². The van der Waals surface area contributed by atoms with Crippen LogP contribution >= 0.6 is 0 Å². The van der Waals surface area contributed by atoms with Gasteiger partial charge in [-0.1, -0.05) is 19.0 Å². The van der Waals surface area contributed by atoms with Crippen LogP contribution in [0.15, 0.2) is 9.42 Å². The summed E-state index contributed by atoms with van der Waals surface area (Å²) >= 11 is 0. The van der Waals surface area contributed by atoms with Crippen molar-refractivity contribution in [2.45, 2.75) is 52.0 Å². The lowest BCUT2D eigenvalue weighted by Gasteiger charge is -2.36. The molecular weight excluding hydrogens is 318 g/mol. The number of likely N-dealkylation sites (tertiary alicyclic amines) is 1. The third kappa shape index (κ3) is 3.92. The van der Waals surface area contributed by atoms with Gasteiger partial charge in [-0.2, -0.15) is 4.72 Å². The summed E-state index contributed by atoms with van der Waals surface area (Å²) in [5.41, 5.74) is 0.287. The van der Waals surface area contributed by atoms with Crippen molar-refractivity contribution in [3.05, 3.63) is 11.5 Å². The molecule has 0 aliphatic carbocycles. The molecule has 0 radical (unpaired) electrons. The summed E-state index contributed by atoms with van der Waals surface area (Å²) in [6.45, 7) is 10.2. The van der Waals surface area contributed by atoms with Gasteiger partial charge in [-0.05, 0) is 39.0 Å². The number of rotatable bonds is 4. The largest absolute Gasteiger partial charge is 0.360 e. The van der Waals surface area contributed by atoms with Gasteiger partial charge in [-0.15, -0.1) is 0 Å². The van der Waals surface area contributed by atoms with Crippen LogP contribution in [-0.2, 0) is 14.8 Å². The standard InChI is InChI=1S/C15H25N3O4S/c1-9-6-10(2)8-18(7-9)15(19)12(4)17-23(20,21)14-11(3)16-22-13(14)5/h9-10,12,17H,6-8H2,1-5H3/t9?,10?,12-/m0/s1. The Morgan fingerprint density at radius 3 is 2.35 bits per heavy atom. The molecule has 1 aromatic heterocycles. The van der Waals surface area contributed by atoms with Crippen molar-refractivity contribution in [3.8, 4) is 0 Å². The third-order valence-corrected chi connectivity index (χ3v) is 5.90. The maximum atomic E-state index is 12.6. The van der Waals surface area contributed by atoms with E-state index in [0.29, 0.717) is 24.9 Å². The predicted molar refractivity (Wildman–Crippen MR) is 85.3 cm³/mol. The third-order valence-electron chi connectivity index (χ3n) is 4.12. The number of sulfonamides is 1. The molecule has 2 heterocycles. The Bertz CT molecular complexity index is 653. The van der Waals surface area contributed by atoms with Gasteiger partial charge in [0, 0.05) is 13.1 Å². The Morgan fingerprint density at radius 2 is 1.87 bits per heavy atom. The number of piperidine rings is 1. The highest BCUT2D eigenvalue weighted by Crippen LogP contribution is 2.22. The Labute approximate surface area is 137 Å². The maximum absolute atomic E-state index is 12.6. The van der Waals surface area contributed by atoms with Crippen molar-refractivity contribution in [1.29, 1.82) is 0 Å². The minimum Gasteiger partial charge on any atom is -0.360 e. The molecule has 1 aliphatic heterocycles. The van der Waals surface area contributed by atoms with Crippen molar-refractivity contribution >= 4 is 15.9 Å². The topological polar surface area (TPSA) is 92.5 Å². The molecule has 2 unspecified atom stereocenters. The van der Waals surface area contributed by atoms with Crippen LogP contribution in [0.4, 0.5) is 0 Å². The van der Waals surface area contributed by atoms with Crippen LogP contribution in [0.5, 0.6) is 0 Å². The second kappa shape index (κ2) is 6.60. The van der Waals surface area contributed by atoms with Gasteiger partial charge in [0.2, 0.25) is 15.9 Å². The summed E-state index contributed by atoms with van der Waals surface area (Å²) in [5, 5.41) is 3.65. The SMILES string of the molecule is Cc1noc(C)c1S(=O)(=O)N[C@@H](C)C(=O)N1CC(C)CC(C)C1. The van der Waals surface area contributed by atoms with Gasteiger partial charge < -0.3 is 9.42 Å². The fourth-order valence-corrected chi connectivity index (χ4v) is 4.84. The van der Waals surface area contributed by atoms with Crippen LogP contribution in [0.3, 0.4) is 0 Å². The van der Waals surface area contributed by atoms with Crippen LogP contribution < -0.4 is 4.72 Å². The normalized spacial score (nSPS) is 23.8. The number of aryl methyl sites for hydroxylation is 2. The minimum atomic E-state index is -3.84. The van der Waals surface area contributed by atoms with E-state index in [1.54, 1.807) is 18.7 Å². The number of carbonyl (C=O) groups excluding carboxylic acids is 1. The molecule has 2 rings (SSSR count). The van der Waals surface area contributed by atoms with Gasteiger partial charge in [0.25, 0.3) is 0 Å². The first-order valence-corrected chi connectivity index (χ1v) is 9.34. The molecule has 130 valence electrons. The Balaban J connectivity index is 2.12. The van der Waals surface area contributed by atoms with Gasteiger partial charge in [-0.25, -0.2) is 8.42 Å². The van der Waals surface area contributed by atoms with E-state index in [4.69, 9.17) is 4.52 Å². The second-order valence-corrected chi connectivity index (χ2v) is 8.34. The molecule has 1 aliphatic rings. The van der Waals surface area contributed by atoms with Crippen molar-refractivity contribution in [2.24, 2.45) is 11.8 Å². The minimum absolute atomic E-state index is 0.0116. The van der Waals surface area contributed by atoms with Crippen LogP contribution in [0.25, 0.3) is 0 Å².